The summed E-state index contributed by atoms with van der Waals surface area (Å²) >= 11 is 0. The lowest BCUT2D eigenvalue weighted by molar-refractivity contribution is 0.0684. The second-order valence-corrected chi connectivity index (χ2v) is 6.76. The third kappa shape index (κ3) is 4.60. The predicted octanol–water partition coefficient (Wildman–Crippen LogP) is 2.38. The average molecular weight is 383 g/mol. The van der Waals surface area contributed by atoms with Crippen LogP contribution < -0.4 is 14.8 Å². The normalized spacial score (nSPS) is 14.4. The number of rotatable bonds is 6. The first-order valence-corrected chi connectivity index (χ1v) is 9.32. The molecule has 148 valence electrons. The Morgan fingerprint density at radius 1 is 1.11 bits per heavy atom. The molecule has 0 aliphatic carbocycles. The molecule has 1 aromatic carbocycles. The van der Waals surface area contributed by atoms with E-state index in [1.807, 2.05) is 4.90 Å². The lowest BCUT2D eigenvalue weighted by atomic mass is 9.96. The van der Waals surface area contributed by atoms with Crippen LogP contribution in [0, 0.1) is 5.92 Å². The number of ether oxygens (including phenoxy) is 2. The number of nitrogens with zero attached hydrogens (tertiary/aromatic N) is 2. The van der Waals surface area contributed by atoms with E-state index in [1.165, 1.54) is 0 Å². The zero-order chi connectivity index (χ0) is 19.9. The Morgan fingerprint density at radius 3 is 2.50 bits per heavy atom. The fourth-order valence-electron chi connectivity index (χ4n) is 3.33. The Labute approximate surface area is 164 Å². The summed E-state index contributed by atoms with van der Waals surface area (Å²) in [4.78, 5) is 30.8. The molecule has 2 amide bonds. The molecule has 7 nitrogen and oxygen atoms in total. The highest BCUT2D eigenvalue weighted by molar-refractivity contribution is 5.95. The van der Waals surface area contributed by atoms with Gasteiger partial charge in [-0.25, -0.2) is 0 Å². The Kier molecular flexibility index (Phi) is 6.47. The first kappa shape index (κ1) is 19.7. The minimum absolute atomic E-state index is 0.0147. The molecule has 0 unspecified atom stereocenters. The van der Waals surface area contributed by atoms with Gasteiger partial charge in [0.15, 0.2) is 11.5 Å². The van der Waals surface area contributed by atoms with Crippen LogP contribution in [-0.2, 0) is 0 Å². The van der Waals surface area contributed by atoms with E-state index in [0.29, 0.717) is 48.2 Å². The summed E-state index contributed by atoms with van der Waals surface area (Å²) in [6.07, 6.45) is 4.97. The van der Waals surface area contributed by atoms with Crippen molar-refractivity contribution in [1.29, 1.82) is 0 Å². The van der Waals surface area contributed by atoms with Crippen LogP contribution in [-0.4, -0.2) is 55.6 Å². The van der Waals surface area contributed by atoms with Crippen molar-refractivity contribution in [3.8, 4) is 11.5 Å². The fraction of sp³-hybridized carbons (Fsp3) is 0.381. The molecule has 1 saturated heterocycles. The number of methoxy groups -OCH3 is 2. The summed E-state index contributed by atoms with van der Waals surface area (Å²) in [5, 5.41) is 2.98. The first-order chi connectivity index (χ1) is 13.6. The second-order valence-electron chi connectivity index (χ2n) is 6.76. The fourth-order valence-corrected chi connectivity index (χ4v) is 3.33. The summed E-state index contributed by atoms with van der Waals surface area (Å²) in [7, 11) is 3.10. The average Bonchev–Trinajstić information content (AvgIpc) is 2.77. The highest BCUT2D eigenvalue weighted by atomic mass is 16.5. The first-order valence-electron chi connectivity index (χ1n) is 9.32. The van der Waals surface area contributed by atoms with Crippen LogP contribution in [0.5, 0.6) is 11.5 Å². The molecular weight excluding hydrogens is 358 g/mol. The third-order valence-electron chi connectivity index (χ3n) is 5.01. The molecule has 3 rings (SSSR count). The van der Waals surface area contributed by atoms with E-state index >= 15 is 0 Å². The van der Waals surface area contributed by atoms with Crippen LogP contribution in [0.3, 0.4) is 0 Å². The van der Waals surface area contributed by atoms with E-state index in [0.717, 1.165) is 12.8 Å². The van der Waals surface area contributed by atoms with Crippen molar-refractivity contribution >= 4 is 11.8 Å². The van der Waals surface area contributed by atoms with Crippen molar-refractivity contribution < 1.29 is 19.1 Å². The maximum absolute atomic E-state index is 12.5. The summed E-state index contributed by atoms with van der Waals surface area (Å²) in [5.41, 5.74) is 1.14. The number of carbonyl (C=O) groups excluding carboxylic acids is 2. The summed E-state index contributed by atoms with van der Waals surface area (Å²) < 4.78 is 10.4. The second kappa shape index (κ2) is 9.21. The Morgan fingerprint density at radius 2 is 1.86 bits per heavy atom. The molecule has 0 spiro atoms. The predicted molar refractivity (Wildman–Crippen MR) is 105 cm³/mol. The van der Waals surface area contributed by atoms with Crippen molar-refractivity contribution in [3.63, 3.8) is 0 Å². The summed E-state index contributed by atoms with van der Waals surface area (Å²) in [5.74, 6) is 1.33. The Hall–Kier alpha value is -3.09. The number of amides is 2. The Balaban J connectivity index is 1.49. The number of likely N-dealkylation sites (tertiary alicyclic amines) is 1. The van der Waals surface area contributed by atoms with E-state index in [1.54, 1.807) is 56.9 Å². The molecule has 0 bridgehead atoms. The molecule has 0 radical (unpaired) electrons. The number of nitrogens with one attached hydrogen (secondary N) is 1. The van der Waals surface area contributed by atoms with Gasteiger partial charge in [-0.05, 0) is 49.1 Å². The molecule has 0 atom stereocenters. The molecule has 2 aromatic rings. The highest BCUT2D eigenvalue weighted by Crippen LogP contribution is 2.27. The zero-order valence-corrected chi connectivity index (χ0v) is 16.2. The number of benzene rings is 1. The minimum atomic E-state index is -0.144. The number of hydrogen-bond acceptors (Lipinski definition) is 5. The molecule has 1 aliphatic heterocycles. The molecule has 28 heavy (non-hydrogen) atoms. The molecular formula is C21H25N3O4. The van der Waals surface area contributed by atoms with Crippen molar-refractivity contribution in [2.45, 2.75) is 12.8 Å². The van der Waals surface area contributed by atoms with Gasteiger partial charge >= 0.3 is 0 Å². The summed E-state index contributed by atoms with van der Waals surface area (Å²) in [6, 6.07) is 8.65. The van der Waals surface area contributed by atoms with Crippen LogP contribution in [0.4, 0.5) is 0 Å². The van der Waals surface area contributed by atoms with Gasteiger partial charge in [-0.2, -0.15) is 0 Å². The largest absolute Gasteiger partial charge is 0.493 e. The van der Waals surface area contributed by atoms with Crippen molar-refractivity contribution in [2.24, 2.45) is 5.92 Å². The molecule has 1 aromatic heterocycles. The van der Waals surface area contributed by atoms with Gasteiger partial charge in [-0.3, -0.25) is 14.6 Å². The molecule has 1 aliphatic rings. The van der Waals surface area contributed by atoms with Gasteiger partial charge in [0, 0.05) is 37.6 Å². The lowest BCUT2D eigenvalue weighted by Crippen LogP contribution is -2.41. The topological polar surface area (TPSA) is 80.8 Å². The number of hydrogen-bond donors (Lipinski definition) is 1. The van der Waals surface area contributed by atoms with E-state index < -0.39 is 0 Å². The van der Waals surface area contributed by atoms with Crippen molar-refractivity contribution in [1.82, 2.24) is 15.2 Å². The van der Waals surface area contributed by atoms with E-state index in [9.17, 15) is 9.59 Å². The zero-order valence-electron chi connectivity index (χ0n) is 16.2. The van der Waals surface area contributed by atoms with Crippen molar-refractivity contribution in [3.05, 3.63) is 53.9 Å². The minimum Gasteiger partial charge on any atom is -0.493 e. The molecule has 7 heteroatoms. The Bertz CT molecular complexity index is 818. The molecule has 1 fully saturated rings. The number of aromatic nitrogens is 1. The van der Waals surface area contributed by atoms with Gasteiger partial charge in [0.2, 0.25) is 0 Å². The van der Waals surface area contributed by atoms with Crippen LogP contribution in [0.1, 0.15) is 33.6 Å². The standard InChI is InChI=1S/C21H25N3O4/c1-27-18-6-5-16(12-19(18)28-2)20(25)23-13-15-7-10-24(11-8-15)21(26)17-4-3-9-22-14-17/h3-6,9,12,14-15H,7-8,10-11,13H2,1-2H3,(H,23,25). The van der Waals surface area contributed by atoms with Gasteiger partial charge in [0.1, 0.15) is 0 Å². The smallest absolute Gasteiger partial charge is 0.255 e. The lowest BCUT2D eigenvalue weighted by Gasteiger charge is -2.32. The van der Waals surface area contributed by atoms with Gasteiger partial charge in [-0.15, -0.1) is 0 Å². The van der Waals surface area contributed by atoms with Gasteiger partial charge in [0.05, 0.1) is 19.8 Å². The maximum atomic E-state index is 12.5. The van der Waals surface area contributed by atoms with E-state index in [-0.39, 0.29) is 11.8 Å². The molecule has 2 heterocycles. The number of pyridine rings is 1. The quantitative estimate of drug-likeness (QED) is 0.828. The number of carbonyl (C=O) groups is 2. The van der Waals surface area contributed by atoms with Crippen LogP contribution in [0.25, 0.3) is 0 Å². The highest BCUT2D eigenvalue weighted by Gasteiger charge is 2.24. The van der Waals surface area contributed by atoms with E-state index in [4.69, 9.17) is 9.47 Å². The summed E-state index contributed by atoms with van der Waals surface area (Å²) in [6.45, 7) is 1.96. The van der Waals surface area contributed by atoms with Gasteiger partial charge in [-0.1, -0.05) is 0 Å². The molecule has 0 saturated carbocycles. The van der Waals surface area contributed by atoms with Crippen LogP contribution >= 0.6 is 0 Å². The van der Waals surface area contributed by atoms with E-state index in [2.05, 4.69) is 10.3 Å². The maximum Gasteiger partial charge on any atom is 0.255 e. The number of piperidine rings is 1. The SMILES string of the molecule is COc1ccc(C(=O)NCC2CCN(C(=O)c3cccnc3)CC2)cc1OC. The monoisotopic (exact) mass is 383 g/mol. The van der Waals surface area contributed by atoms with Crippen molar-refractivity contribution in [2.75, 3.05) is 33.9 Å². The van der Waals surface area contributed by atoms with Gasteiger partial charge < -0.3 is 19.7 Å². The van der Waals surface area contributed by atoms with Crippen LogP contribution in [0.15, 0.2) is 42.7 Å². The van der Waals surface area contributed by atoms with Crippen LogP contribution in [0.2, 0.25) is 0 Å². The molecule has 1 N–H and O–H groups in total. The van der Waals surface area contributed by atoms with Gasteiger partial charge in [0.25, 0.3) is 11.8 Å². The third-order valence-corrected chi connectivity index (χ3v) is 5.01.